The van der Waals surface area contributed by atoms with Crippen molar-refractivity contribution in [1.29, 1.82) is 0 Å². The molecule has 1 heterocycles. The Morgan fingerprint density at radius 3 is 2.33 bits per heavy atom. The van der Waals surface area contributed by atoms with Crippen LogP contribution in [0.25, 0.3) is 11.1 Å². The summed E-state index contributed by atoms with van der Waals surface area (Å²) >= 11 is 5.81. The van der Waals surface area contributed by atoms with Crippen LogP contribution in [0.15, 0.2) is 54.7 Å². The summed E-state index contributed by atoms with van der Waals surface area (Å²) < 4.78 is 41.7. The van der Waals surface area contributed by atoms with Gasteiger partial charge in [0.1, 0.15) is 5.82 Å². The number of amides is 1. The minimum atomic E-state index is -2.93. The van der Waals surface area contributed by atoms with Gasteiger partial charge in [0.05, 0.1) is 28.3 Å². The van der Waals surface area contributed by atoms with E-state index in [1.807, 2.05) is 0 Å². The molecule has 6 nitrogen and oxygen atoms in total. The molecule has 1 fully saturated rings. The molecule has 0 saturated heterocycles. The van der Waals surface area contributed by atoms with Crippen molar-refractivity contribution in [3.8, 4) is 11.1 Å². The average Bonchev–Trinajstić information content (AvgIpc) is 2.83. The van der Waals surface area contributed by atoms with Crippen LogP contribution >= 0.6 is 11.6 Å². The normalized spacial score (nSPS) is 17.9. The zero-order chi connectivity index (χ0) is 26.0. The van der Waals surface area contributed by atoms with Gasteiger partial charge in [-0.3, -0.25) is 9.78 Å². The van der Waals surface area contributed by atoms with Crippen LogP contribution in [0, 0.1) is 11.7 Å². The second-order valence-electron chi connectivity index (χ2n) is 8.75. The number of alkyl halides is 2. The Morgan fingerprint density at radius 2 is 1.78 bits per heavy atom. The number of carbonyl (C=O) groups is 2. The SMILES string of the molecule is O=C(O)c1ccc(NC(=O)C(CC2CC(O)C2)c2ccc(-c3c(C(F)F)ccc(Cl)c3F)cn2)cc1. The zero-order valence-electron chi connectivity index (χ0n) is 18.8. The smallest absolute Gasteiger partial charge is 0.335 e. The maximum Gasteiger partial charge on any atom is 0.335 e. The molecule has 1 aliphatic carbocycles. The van der Waals surface area contributed by atoms with Gasteiger partial charge in [-0.1, -0.05) is 23.7 Å². The van der Waals surface area contributed by atoms with E-state index in [2.05, 4.69) is 10.3 Å². The highest BCUT2D eigenvalue weighted by atomic mass is 35.5. The number of carbonyl (C=O) groups excluding carboxylic acids is 1. The molecule has 0 radical (unpaired) electrons. The van der Waals surface area contributed by atoms with Crippen molar-refractivity contribution in [1.82, 2.24) is 4.98 Å². The number of carboxylic acids is 1. The number of aliphatic hydroxyl groups excluding tert-OH is 1. The molecule has 2 aromatic carbocycles. The van der Waals surface area contributed by atoms with Crippen LogP contribution < -0.4 is 5.32 Å². The van der Waals surface area contributed by atoms with Gasteiger partial charge in [0.15, 0.2) is 0 Å². The van der Waals surface area contributed by atoms with Crippen molar-refractivity contribution in [2.75, 3.05) is 5.32 Å². The van der Waals surface area contributed by atoms with Crippen molar-refractivity contribution in [3.05, 3.63) is 82.4 Å². The summed E-state index contributed by atoms with van der Waals surface area (Å²) in [5.41, 5.74) is 0.0362. The van der Waals surface area contributed by atoms with Crippen molar-refractivity contribution < 1.29 is 33.0 Å². The number of rotatable bonds is 8. The molecular formula is C26H22ClF3N2O4. The second-order valence-corrected chi connectivity index (χ2v) is 9.16. The summed E-state index contributed by atoms with van der Waals surface area (Å²) in [4.78, 5) is 28.5. The maximum atomic E-state index is 14.7. The predicted molar refractivity (Wildman–Crippen MR) is 128 cm³/mol. The molecule has 10 heteroatoms. The lowest BCUT2D eigenvalue weighted by Crippen LogP contribution is -2.32. The van der Waals surface area contributed by atoms with Crippen molar-refractivity contribution in [2.24, 2.45) is 5.92 Å². The summed E-state index contributed by atoms with van der Waals surface area (Å²) in [6.07, 6.45) is -0.649. The third-order valence-electron chi connectivity index (χ3n) is 6.29. The molecule has 0 aliphatic heterocycles. The summed E-state index contributed by atoms with van der Waals surface area (Å²) in [6, 6.07) is 10.7. The lowest BCUT2D eigenvalue weighted by Gasteiger charge is -2.33. The highest BCUT2D eigenvalue weighted by Gasteiger charge is 2.33. The third kappa shape index (κ3) is 5.52. The average molecular weight is 519 g/mol. The fourth-order valence-electron chi connectivity index (χ4n) is 4.31. The molecule has 0 spiro atoms. The van der Waals surface area contributed by atoms with Gasteiger partial charge in [0.2, 0.25) is 5.91 Å². The number of nitrogens with zero attached hydrogens (tertiary/aromatic N) is 1. The van der Waals surface area contributed by atoms with E-state index in [-0.39, 0.29) is 27.6 Å². The van der Waals surface area contributed by atoms with E-state index >= 15 is 0 Å². The fourth-order valence-corrected chi connectivity index (χ4v) is 4.47. The number of pyridine rings is 1. The minimum Gasteiger partial charge on any atom is -0.478 e. The Labute approximate surface area is 209 Å². The molecular weight excluding hydrogens is 497 g/mol. The number of hydrogen-bond donors (Lipinski definition) is 3. The van der Waals surface area contributed by atoms with E-state index in [0.29, 0.717) is 30.6 Å². The molecule has 3 N–H and O–H groups in total. The second kappa shape index (κ2) is 10.7. The summed E-state index contributed by atoms with van der Waals surface area (Å²) in [5.74, 6) is -3.13. The molecule has 1 amide bonds. The highest BCUT2D eigenvalue weighted by molar-refractivity contribution is 6.31. The Balaban J connectivity index is 1.61. The van der Waals surface area contributed by atoms with Gasteiger partial charge in [-0.25, -0.2) is 18.0 Å². The van der Waals surface area contributed by atoms with Gasteiger partial charge in [-0.15, -0.1) is 0 Å². The van der Waals surface area contributed by atoms with E-state index in [4.69, 9.17) is 16.7 Å². The standard InChI is InChI=1S/C26H22ClF3N2O4/c27-20-7-6-18(24(29)30)22(23(20)28)15-3-8-21(31-12-15)19(11-13-9-17(33)10-13)25(34)32-16-4-1-14(2-5-16)26(35)36/h1-8,12-13,17,19,24,33H,9-11H2,(H,32,34)(H,35,36). The van der Waals surface area contributed by atoms with Crippen LogP contribution in [0.3, 0.4) is 0 Å². The van der Waals surface area contributed by atoms with E-state index < -0.39 is 41.7 Å². The molecule has 1 atom stereocenters. The van der Waals surface area contributed by atoms with Crippen LogP contribution in [0.1, 0.15) is 53.2 Å². The number of benzene rings is 2. The largest absolute Gasteiger partial charge is 0.478 e. The van der Waals surface area contributed by atoms with Gasteiger partial charge in [-0.2, -0.15) is 0 Å². The van der Waals surface area contributed by atoms with E-state index in [1.165, 1.54) is 42.6 Å². The topological polar surface area (TPSA) is 99.5 Å². The Bertz CT molecular complexity index is 1260. The molecule has 1 unspecified atom stereocenters. The fraction of sp³-hybridized carbons (Fsp3) is 0.269. The Kier molecular flexibility index (Phi) is 7.61. The third-order valence-corrected chi connectivity index (χ3v) is 6.58. The molecule has 1 saturated carbocycles. The van der Waals surface area contributed by atoms with Gasteiger partial charge in [-0.05, 0) is 61.6 Å². The molecule has 36 heavy (non-hydrogen) atoms. The molecule has 188 valence electrons. The van der Waals surface area contributed by atoms with Gasteiger partial charge >= 0.3 is 5.97 Å². The van der Waals surface area contributed by atoms with Crippen LogP contribution in [-0.4, -0.2) is 33.2 Å². The van der Waals surface area contributed by atoms with Crippen molar-refractivity contribution in [2.45, 2.75) is 37.7 Å². The van der Waals surface area contributed by atoms with Gasteiger partial charge < -0.3 is 15.5 Å². The Hall–Kier alpha value is -3.43. The Morgan fingerprint density at radius 1 is 1.08 bits per heavy atom. The summed E-state index contributed by atoms with van der Waals surface area (Å²) in [6.45, 7) is 0. The first-order valence-corrected chi connectivity index (χ1v) is 11.6. The number of aromatic carboxylic acids is 1. The monoisotopic (exact) mass is 518 g/mol. The quantitative estimate of drug-likeness (QED) is 0.336. The maximum absolute atomic E-state index is 14.7. The van der Waals surface area contributed by atoms with Crippen molar-refractivity contribution in [3.63, 3.8) is 0 Å². The molecule has 0 bridgehead atoms. The van der Waals surface area contributed by atoms with Crippen molar-refractivity contribution >= 4 is 29.2 Å². The molecule has 1 aliphatic rings. The first-order valence-electron chi connectivity index (χ1n) is 11.2. The number of anilines is 1. The number of halogens is 4. The minimum absolute atomic E-state index is 0.0710. The van der Waals surface area contributed by atoms with E-state index in [0.717, 1.165) is 12.1 Å². The first-order chi connectivity index (χ1) is 17.1. The molecule has 4 rings (SSSR count). The molecule has 1 aromatic heterocycles. The van der Waals surface area contributed by atoms with Crippen LogP contribution in [0.2, 0.25) is 5.02 Å². The number of hydrogen-bond acceptors (Lipinski definition) is 4. The lowest BCUT2D eigenvalue weighted by atomic mass is 9.76. The first kappa shape index (κ1) is 25.7. The number of aliphatic hydroxyl groups is 1. The van der Waals surface area contributed by atoms with Gasteiger partial charge in [0, 0.05) is 28.6 Å². The number of carboxylic acid groups (broad SMARTS) is 1. The number of nitrogens with one attached hydrogen (secondary N) is 1. The lowest BCUT2D eigenvalue weighted by molar-refractivity contribution is -0.118. The number of aromatic nitrogens is 1. The van der Waals surface area contributed by atoms with Crippen LogP contribution in [0.5, 0.6) is 0 Å². The van der Waals surface area contributed by atoms with Crippen LogP contribution in [0.4, 0.5) is 18.9 Å². The molecule has 3 aromatic rings. The van der Waals surface area contributed by atoms with E-state index in [1.54, 1.807) is 0 Å². The highest BCUT2D eigenvalue weighted by Crippen LogP contribution is 2.39. The van der Waals surface area contributed by atoms with E-state index in [9.17, 15) is 27.9 Å². The predicted octanol–water partition coefficient (Wildman–Crippen LogP) is 6.06. The van der Waals surface area contributed by atoms with Gasteiger partial charge in [0.25, 0.3) is 6.43 Å². The summed E-state index contributed by atoms with van der Waals surface area (Å²) in [5, 5.41) is 21.2. The van der Waals surface area contributed by atoms with Crippen LogP contribution in [-0.2, 0) is 4.79 Å². The zero-order valence-corrected chi connectivity index (χ0v) is 19.6. The summed E-state index contributed by atoms with van der Waals surface area (Å²) in [7, 11) is 0.